The molecule has 1 aromatic carbocycles. The van der Waals surface area contributed by atoms with E-state index >= 15 is 0 Å². The second-order valence-corrected chi connectivity index (χ2v) is 4.05. The molecule has 0 aromatic heterocycles. The number of benzene rings is 1. The van der Waals surface area contributed by atoms with Gasteiger partial charge in [0.15, 0.2) is 0 Å². The van der Waals surface area contributed by atoms with Gasteiger partial charge in [0.05, 0.1) is 3.57 Å². The van der Waals surface area contributed by atoms with Gasteiger partial charge in [-0.25, -0.2) is 0 Å². The highest BCUT2D eigenvalue weighted by Gasteiger charge is 2.32. The van der Waals surface area contributed by atoms with Crippen molar-refractivity contribution in [1.82, 2.24) is 0 Å². The van der Waals surface area contributed by atoms with Gasteiger partial charge in [0.1, 0.15) is 5.75 Å². The van der Waals surface area contributed by atoms with E-state index in [1.807, 2.05) is 22.6 Å². The highest BCUT2D eigenvalue weighted by Crippen LogP contribution is 2.30. The summed E-state index contributed by atoms with van der Waals surface area (Å²) in [5.74, 6) is -0.157. The van der Waals surface area contributed by atoms with E-state index in [-0.39, 0.29) is 5.75 Å². The van der Waals surface area contributed by atoms with Crippen molar-refractivity contribution in [1.29, 1.82) is 0 Å². The fourth-order valence-corrected chi connectivity index (χ4v) is 2.51. The highest BCUT2D eigenvalue weighted by molar-refractivity contribution is 14.1. The van der Waals surface area contributed by atoms with Crippen LogP contribution in [0.5, 0.6) is 5.75 Å². The molecule has 0 aliphatic carbocycles. The molecule has 1 rings (SSSR count). The van der Waals surface area contributed by atoms with Crippen LogP contribution in [0.2, 0.25) is 0 Å². The Labute approximate surface area is 101 Å². The van der Waals surface area contributed by atoms with Gasteiger partial charge in [0, 0.05) is 5.33 Å². The second-order valence-electron chi connectivity index (χ2n) is 2.41. The minimum absolute atomic E-state index is 0.157. The number of ether oxygens (including phenoxy) is 1. The molecule has 0 radical (unpaired) electrons. The van der Waals surface area contributed by atoms with Gasteiger partial charge >= 0.3 is 6.36 Å². The average molecular weight is 381 g/mol. The Bertz CT molecular complexity index is 327. The third-order valence-electron chi connectivity index (χ3n) is 1.41. The first-order valence-electron chi connectivity index (χ1n) is 3.53. The van der Waals surface area contributed by atoms with E-state index in [4.69, 9.17) is 0 Å². The zero-order valence-electron chi connectivity index (χ0n) is 6.74. The summed E-state index contributed by atoms with van der Waals surface area (Å²) >= 11 is 5.01. The molecule has 0 heterocycles. The van der Waals surface area contributed by atoms with E-state index in [1.54, 1.807) is 6.07 Å². The maximum absolute atomic E-state index is 11.9. The molecule has 0 bridgehead atoms. The standard InChI is InChI=1S/C8H5BrF3IO/c9-4-5-2-1-3-6(7(5)13)14-8(10,11)12/h1-3H,4H2. The summed E-state index contributed by atoms with van der Waals surface area (Å²) in [6.45, 7) is 0. The van der Waals surface area contributed by atoms with Gasteiger partial charge in [-0.1, -0.05) is 28.1 Å². The first-order valence-corrected chi connectivity index (χ1v) is 5.73. The van der Waals surface area contributed by atoms with Crippen LogP contribution < -0.4 is 4.74 Å². The van der Waals surface area contributed by atoms with Crippen molar-refractivity contribution < 1.29 is 17.9 Å². The SMILES string of the molecule is FC(F)(F)Oc1cccc(CBr)c1I. The molecular formula is C8H5BrF3IO. The van der Waals surface area contributed by atoms with Crippen LogP contribution in [0.4, 0.5) is 13.2 Å². The lowest BCUT2D eigenvalue weighted by molar-refractivity contribution is -0.274. The molecule has 14 heavy (non-hydrogen) atoms. The Hall–Kier alpha value is 0.0200. The van der Waals surface area contributed by atoms with Crippen molar-refractivity contribution in [3.63, 3.8) is 0 Å². The molecule has 0 aliphatic heterocycles. The molecule has 1 aromatic rings. The van der Waals surface area contributed by atoms with Crippen LogP contribution in [-0.4, -0.2) is 6.36 Å². The zero-order chi connectivity index (χ0) is 10.8. The summed E-state index contributed by atoms with van der Waals surface area (Å²) in [4.78, 5) is 0. The van der Waals surface area contributed by atoms with Crippen LogP contribution in [-0.2, 0) is 5.33 Å². The van der Waals surface area contributed by atoms with E-state index in [9.17, 15) is 13.2 Å². The van der Waals surface area contributed by atoms with Crippen molar-refractivity contribution >= 4 is 38.5 Å². The van der Waals surface area contributed by atoms with E-state index in [2.05, 4.69) is 20.7 Å². The van der Waals surface area contributed by atoms with Gasteiger partial charge in [-0.05, 0) is 34.2 Å². The largest absolute Gasteiger partial charge is 0.573 e. The lowest BCUT2D eigenvalue weighted by Gasteiger charge is -2.11. The molecule has 0 aliphatic rings. The molecule has 0 spiro atoms. The predicted molar refractivity (Wildman–Crippen MR) is 58.5 cm³/mol. The summed E-state index contributed by atoms with van der Waals surface area (Å²) in [5, 5.41) is 0.500. The summed E-state index contributed by atoms with van der Waals surface area (Å²) in [7, 11) is 0. The number of hydrogen-bond donors (Lipinski definition) is 0. The van der Waals surface area contributed by atoms with Crippen LogP contribution in [0.25, 0.3) is 0 Å². The summed E-state index contributed by atoms with van der Waals surface area (Å²) < 4.78 is 40.1. The molecule has 0 atom stereocenters. The Morgan fingerprint density at radius 2 is 2.00 bits per heavy atom. The quantitative estimate of drug-likeness (QED) is 0.554. The third kappa shape index (κ3) is 3.30. The summed E-state index contributed by atoms with van der Waals surface area (Å²) in [5.41, 5.74) is 0.771. The Kier molecular flexibility index (Phi) is 4.05. The van der Waals surface area contributed by atoms with Crippen molar-refractivity contribution in [2.24, 2.45) is 0 Å². The van der Waals surface area contributed by atoms with Crippen molar-refractivity contribution in [3.05, 3.63) is 27.3 Å². The van der Waals surface area contributed by atoms with Gasteiger partial charge in [0.25, 0.3) is 0 Å². The zero-order valence-corrected chi connectivity index (χ0v) is 10.5. The van der Waals surface area contributed by atoms with Crippen LogP contribution in [0, 0.1) is 3.57 Å². The van der Waals surface area contributed by atoms with E-state index < -0.39 is 6.36 Å². The maximum Gasteiger partial charge on any atom is 0.573 e. The smallest absolute Gasteiger partial charge is 0.405 e. The molecule has 0 saturated heterocycles. The van der Waals surface area contributed by atoms with Gasteiger partial charge < -0.3 is 4.74 Å². The number of rotatable bonds is 2. The normalized spacial score (nSPS) is 11.5. The van der Waals surface area contributed by atoms with Gasteiger partial charge in [-0.3, -0.25) is 0 Å². The first-order chi connectivity index (χ1) is 6.44. The van der Waals surface area contributed by atoms with Gasteiger partial charge in [-0.15, -0.1) is 13.2 Å². The fourth-order valence-electron chi connectivity index (χ4n) is 0.863. The molecule has 0 saturated carbocycles. The summed E-state index contributed by atoms with van der Waals surface area (Å²) in [6, 6.07) is 4.56. The molecule has 0 N–H and O–H groups in total. The lowest BCUT2D eigenvalue weighted by atomic mass is 10.2. The summed E-state index contributed by atoms with van der Waals surface area (Å²) in [6.07, 6.45) is -4.63. The highest BCUT2D eigenvalue weighted by atomic mass is 127. The van der Waals surface area contributed by atoms with Crippen LogP contribution >= 0.6 is 38.5 Å². The van der Waals surface area contributed by atoms with Crippen LogP contribution in [0.3, 0.4) is 0 Å². The molecule has 6 heteroatoms. The third-order valence-corrected chi connectivity index (χ3v) is 3.24. The molecular weight excluding hydrogens is 376 g/mol. The average Bonchev–Trinajstić information content (AvgIpc) is 2.06. The van der Waals surface area contributed by atoms with Crippen LogP contribution in [0.15, 0.2) is 18.2 Å². The monoisotopic (exact) mass is 380 g/mol. The van der Waals surface area contributed by atoms with Gasteiger partial charge in [0.2, 0.25) is 0 Å². The minimum Gasteiger partial charge on any atom is -0.405 e. The van der Waals surface area contributed by atoms with Crippen molar-refractivity contribution in [3.8, 4) is 5.75 Å². The Morgan fingerprint density at radius 3 is 2.50 bits per heavy atom. The Morgan fingerprint density at radius 1 is 1.36 bits per heavy atom. The molecule has 0 amide bonds. The lowest BCUT2D eigenvalue weighted by Crippen LogP contribution is -2.18. The predicted octanol–water partition coefficient (Wildman–Crippen LogP) is 4.08. The first kappa shape index (κ1) is 12.1. The molecule has 78 valence electrons. The molecule has 0 unspecified atom stereocenters. The molecule has 1 nitrogen and oxygen atoms in total. The number of halogens is 5. The maximum atomic E-state index is 11.9. The fraction of sp³-hybridized carbons (Fsp3) is 0.250. The topological polar surface area (TPSA) is 9.23 Å². The van der Waals surface area contributed by atoms with Crippen molar-refractivity contribution in [2.45, 2.75) is 11.7 Å². The Balaban J connectivity index is 2.98. The van der Waals surface area contributed by atoms with E-state index in [0.29, 0.717) is 8.90 Å². The van der Waals surface area contributed by atoms with E-state index in [1.165, 1.54) is 12.1 Å². The number of alkyl halides is 4. The van der Waals surface area contributed by atoms with E-state index in [0.717, 1.165) is 5.56 Å². The van der Waals surface area contributed by atoms with Gasteiger partial charge in [-0.2, -0.15) is 0 Å². The second kappa shape index (κ2) is 4.69. The number of hydrogen-bond acceptors (Lipinski definition) is 1. The minimum atomic E-state index is -4.63. The molecule has 0 fully saturated rings. The van der Waals surface area contributed by atoms with Crippen LogP contribution in [0.1, 0.15) is 5.56 Å². The van der Waals surface area contributed by atoms with Crippen molar-refractivity contribution in [2.75, 3.05) is 0 Å².